The average molecular weight is 474 g/mol. The first-order chi connectivity index (χ1) is 16.1. The van der Waals surface area contributed by atoms with Crippen LogP contribution in [0.5, 0.6) is 0 Å². The Morgan fingerprint density at radius 1 is 1.00 bits per heavy atom. The predicted molar refractivity (Wildman–Crippen MR) is 114 cm³/mol. The lowest BCUT2D eigenvalue weighted by Gasteiger charge is -2.16. The molecule has 0 unspecified atom stereocenters. The van der Waals surface area contributed by atoms with Crippen LogP contribution >= 0.6 is 0 Å². The molecular formula is C24H18F4N2O4. The van der Waals surface area contributed by atoms with Gasteiger partial charge in [0.2, 0.25) is 0 Å². The number of furan rings is 1. The minimum atomic E-state index is -4.88. The van der Waals surface area contributed by atoms with Gasteiger partial charge in [-0.1, -0.05) is 12.1 Å². The highest BCUT2D eigenvalue weighted by Crippen LogP contribution is 2.37. The molecule has 0 saturated carbocycles. The molecule has 2 amide bonds. The molecule has 2 N–H and O–H groups in total. The number of amides is 2. The summed E-state index contributed by atoms with van der Waals surface area (Å²) in [6.45, 7) is 1.51. The summed E-state index contributed by atoms with van der Waals surface area (Å²) in [7, 11) is 0. The quantitative estimate of drug-likeness (QED) is 0.470. The molecule has 34 heavy (non-hydrogen) atoms. The predicted octanol–water partition coefficient (Wildman–Crippen LogP) is 5.77. The number of benzene rings is 2. The Hall–Kier alpha value is -3.95. The van der Waals surface area contributed by atoms with E-state index in [0.717, 1.165) is 18.2 Å². The van der Waals surface area contributed by atoms with Gasteiger partial charge in [0, 0.05) is 24.1 Å². The lowest BCUT2D eigenvalue weighted by atomic mass is 9.94. The lowest BCUT2D eigenvalue weighted by molar-refractivity contribution is -0.136. The molecule has 1 aliphatic carbocycles. The number of ketones is 1. The molecule has 10 heteroatoms. The van der Waals surface area contributed by atoms with Gasteiger partial charge >= 0.3 is 6.18 Å². The summed E-state index contributed by atoms with van der Waals surface area (Å²) in [5.41, 5.74) is -1.79. The van der Waals surface area contributed by atoms with Crippen molar-refractivity contribution in [2.45, 2.75) is 32.4 Å². The van der Waals surface area contributed by atoms with Gasteiger partial charge in [0.1, 0.15) is 11.6 Å². The fourth-order valence-electron chi connectivity index (χ4n) is 3.85. The largest absolute Gasteiger partial charge is 0.455 e. The van der Waals surface area contributed by atoms with Gasteiger partial charge in [0.05, 0.1) is 22.4 Å². The maximum Gasteiger partial charge on any atom is 0.418 e. The SMILES string of the molecule is Cc1c(C(=O)Nc2ccc(NC(=O)c3ccccc3F)cc2C(F)(F)F)oc2c1C(=O)CCC2. The van der Waals surface area contributed by atoms with Crippen molar-refractivity contribution >= 4 is 29.0 Å². The first kappa shape index (κ1) is 23.2. The molecule has 0 saturated heterocycles. The zero-order valence-electron chi connectivity index (χ0n) is 17.8. The number of hydrogen-bond donors (Lipinski definition) is 2. The number of Topliss-reactive ketones (excluding diaryl/α,β-unsaturated/α-hetero) is 1. The summed E-state index contributed by atoms with van der Waals surface area (Å²) in [4.78, 5) is 37.1. The van der Waals surface area contributed by atoms with Gasteiger partial charge in [-0.05, 0) is 43.7 Å². The number of alkyl halides is 3. The number of fused-ring (bicyclic) bond motifs is 1. The van der Waals surface area contributed by atoms with Crippen LogP contribution in [0.3, 0.4) is 0 Å². The molecule has 176 valence electrons. The topological polar surface area (TPSA) is 88.4 Å². The first-order valence-electron chi connectivity index (χ1n) is 10.3. The van der Waals surface area contributed by atoms with Crippen molar-refractivity contribution in [1.82, 2.24) is 0 Å². The number of anilines is 2. The highest BCUT2D eigenvalue weighted by Gasteiger charge is 2.35. The van der Waals surface area contributed by atoms with Crippen LogP contribution in [-0.4, -0.2) is 17.6 Å². The van der Waals surface area contributed by atoms with Crippen molar-refractivity contribution in [1.29, 1.82) is 0 Å². The Morgan fingerprint density at radius 2 is 1.74 bits per heavy atom. The van der Waals surface area contributed by atoms with E-state index in [9.17, 15) is 31.9 Å². The molecule has 3 aromatic rings. The maximum atomic E-state index is 13.8. The van der Waals surface area contributed by atoms with E-state index in [1.54, 1.807) is 0 Å². The summed E-state index contributed by atoms with van der Waals surface area (Å²) in [6, 6.07) is 7.79. The molecule has 0 radical (unpaired) electrons. The van der Waals surface area contributed by atoms with Gasteiger partial charge in [0.15, 0.2) is 11.5 Å². The third kappa shape index (κ3) is 4.43. The zero-order valence-corrected chi connectivity index (χ0v) is 17.8. The fraction of sp³-hybridized carbons (Fsp3) is 0.208. The summed E-state index contributed by atoms with van der Waals surface area (Å²) in [5.74, 6) is -2.74. The van der Waals surface area contributed by atoms with E-state index in [4.69, 9.17) is 4.42 Å². The summed E-state index contributed by atoms with van der Waals surface area (Å²) in [6.07, 6.45) is -3.54. The third-order valence-corrected chi connectivity index (χ3v) is 5.46. The molecular weight excluding hydrogens is 456 g/mol. The van der Waals surface area contributed by atoms with Gasteiger partial charge in [-0.2, -0.15) is 13.2 Å². The normalized spacial score (nSPS) is 13.4. The minimum Gasteiger partial charge on any atom is -0.455 e. The molecule has 0 aliphatic heterocycles. The van der Waals surface area contributed by atoms with Crippen LogP contribution in [0, 0.1) is 12.7 Å². The average Bonchev–Trinajstić information content (AvgIpc) is 3.12. The van der Waals surface area contributed by atoms with Gasteiger partial charge in [-0.25, -0.2) is 4.39 Å². The molecule has 1 aliphatic rings. The highest BCUT2D eigenvalue weighted by molar-refractivity contribution is 6.08. The Kier molecular flexibility index (Phi) is 5.99. The lowest BCUT2D eigenvalue weighted by Crippen LogP contribution is -2.18. The number of carbonyl (C=O) groups excluding carboxylic acids is 3. The first-order valence-corrected chi connectivity index (χ1v) is 10.3. The summed E-state index contributed by atoms with van der Waals surface area (Å²) in [5, 5.41) is 4.41. The Labute approximate surface area is 191 Å². The Bertz CT molecular complexity index is 1310. The Balaban J connectivity index is 1.61. The molecule has 0 fully saturated rings. The molecule has 4 rings (SSSR count). The zero-order chi connectivity index (χ0) is 24.6. The van der Waals surface area contributed by atoms with Crippen LogP contribution in [0.4, 0.5) is 28.9 Å². The molecule has 1 heterocycles. The number of nitrogens with one attached hydrogen (secondary N) is 2. The van der Waals surface area contributed by atoms with Crippen molar-refractivity contribution < 1.29 is 36.4 Å². The Morgan fingerprint density at radius 3 is 2.41 bits per heavy atom. The van der Waals surface area contributed by atoms with Crippen LogP contribution < -0.4 is 10.6 Å². The van der Waals surface area contributed by atoms with Crippen LogP contribution in [0.2, 0.25) is 0 Å². The standard InChI is InChI=1S/C24H18F4N2O4/c1-12-20-18(31)7-4-8-19(20)34-21(12)23(33)30-17-10-9-13(11-15(17)24(26,27)28)29-22(32)14-5-2-3-6-16(14)25/h2-3,5-6,9-11H,4,7-8H2,1H3,(H,29,32)(H,30,33). The van der Waals surface area contributed by atoms with E-state index in [-0.39, 0.29) is 28.4 Å². The van der Waals surface area contributed by atoms with Gasteiger partial charge in [0.25, 0.3) is 11.8 Å². The maximum absolute atomic E-state index is 13.8. The number of aryl methyl sites for hydroxylation is 1. The number of rotatable bonds is 4. The highest BCUT2D eigenvalue weighted by atomic mass is 19.4. The van der Waals surface area contributed by atoms with Crippen LogP contribution in [0.25, 0.3) is 0 Å². The monoisotopic (exact) mass is 474 g/mol. The van der Waals surface area contributed by atoms with E-state index in [2.05, 4.69) is 10.6 Å². The number of halogens is 4. The molecule has 6 nitrogen and oxygen atoms in total. The van der Waals surface area contributed by atoms with Crippen LogP contribution in [0.15, 0.2) is 46.9 Å². The molecule has 1 aromatic heterocycles. The smallest absolute Gasteiger partial charge is 0.418 e. The van der Waals surface area contributed by atoms with E-state index in [1.807, 2.05) is 0 Å². The number of carbonyl (C=O) groups is 3. The van der Waals surface area contributed by atoms with Gasteiger partial charge in [-0.3, -0.25) is 14.4 Å². The van der Waals surface area contributed by atoms with Crippen molar-refractivity contribution in [3.8, 4) is 0 Å². The van der Waals surface area contributed by atoms with E-state index in [1.165, 1.54) is 25.1 Å². The van der Waals surface area contributed by atoms with Crippen molar-refractivity contribution in [2.75, 3.05) is 10.6 Å². The molecule has 0 atom stereocenters. The van der Waals surface area contributed by atoms with E-state index >= 15 is 0 Å². The molecule has 2 aromatic carbocycles. The molecule has 0 spiro atoms. The van der Waals surface area contributed by atoms with Crippen molar-refractivity contribution in [3.63, 3.8) is 0 Å². The minimum absolute atomic E-state index is 0.174. The van der Waals surface area contributed by atoms with Gasteiger partial charge in [-0.15, -0.1) is 0 Å². The second kappa shape index (κ2) is 8.77. The number of hydrogen-bond acceptors (Lipinski definition) is 4. The summed E-state index contributed by atoms with van der Waals surface area (Å²) < 4.78 is 60.5. The summed E-state index contributed by atoms with van der Waals surface area (Å²) >= 11 is 0. The van der Waals surface area contributed by atoms with Crippen molar-refractivity contribution in [3.05, 3.63) is 82.1 Å². The fourth-order valence-corrected chi connectivity index (χ4v) is 3.85. The van der Waals surface area contributed by atoms with Gasteiger partial charge < -0.3 is 15.1 Å². The molecule has 0 bridgehead atoms. The van der Waals surface area contributed by atoms with E-state index < -0.39 is 35.1 Å². The van der Waals surface area contributed by atoms with Crippen molar-refractivity contribution in [2.24, 2.45) is 0 Å². The van der Waals surface area contributed by atoms with E-state index in [0.29, 0.717) is 36.7 Å². The van der Waals surface area contributed by atoms with Crippen LogP contribution in [-0.2, 0) is 12.6 Å². The third-order valence-electron chi connectivity index (χ3n) is 5.46. The second-order valence-corrected chi connectivity index (χ2v) is 7.78. The van der Waals surface area contributed by atoms with Crippen LogP contribution in [0.1, 0.15) is 61.0 Å². The second-order valence-electron chi connectivity index (χ2n) is 7.78.